The molecule has 0 aliphatic carbocycles. The van der Waals surface area contributed by atoms with Crippen molar-refractivity contribution in [3.63, 3.8) is 0 Å². The largest absolute Gasteiger partial charge is 0.495 e. The number of nitrogens with zero attached hydrogens (tertiary/aromatic N) is 4. The van der Waals surface area contributed by atoms with E-state index in [2.05, 4.69) is 25.3 Å². The summed E-state index contributed by atoms with van der Waals surface area (Å²) in [6.45, 7) is 4.98. The number of aryl methyl sites for hydroxylation is 1. The van der Waals surface area contributed by atoms with Gasteiger partial charge in [-0.3, -0.25) is 4.79 Å². The summed E-state index contributed by atoms with van der Waals surface area (Å²) in [5.41, 5.74) is 6.50. The first-order valence-corrected chi connectivity index (χ1v) is 8.79. The first-order valence-electron chi connectivity index (χ1n) is 8.79. The van der Waals surface area contributed by atoms with Gasteiger partial charge in [0.25, 0.3) is 5.91 Å². The number of nitrogen functional groups attached to an aromatic ring is 1. The number of hydrogen-bond acceptors (Lipinski definition) is 9. The van der Waals surface area contributed by atoms with Gasteiger partial charge >= 0.3 is 0 Å². The Hall–Kier alpha value is -3.53. The highest BCUT2D eigenvalue weighted by molar-refractivity contribution is 5.96. The summed E-state index contributed by atoms with van der Waals surface area (Å²) in [6, 6.07) is 3.35. The van der Waals surface area contributed by atoms with E-state index in [4.69, 9.17) is 14.9 Å². The molecule has 29 heavy (non-hydrogen) atoms. The van der Waals surface area contributed by atoms with Crippen molar-refractivity contribution >= 4 is 11.7 Å². The van der Waals surface area contributed by atoms with E-state index in [-0.39, 0.29) is 23.9 Å². The molecule has 0 bridgehead atoms. The van der Waals surface area contributed by atoms with E-state index in [9.17, 15) is 9.90 Å². The first kappa shape index (κ1) is 20.2. The number of carbonyl (C=O) groups is 1. The van der Waals surface area contributed by atoms with Crippen LogP contribution in [0.5, 0.6) is 5.75 Å². The standard InChI is InChI=1S/C19H22N6O4/c1-10-14(18-21-7-8-29-18)25-16(20)15(23-10)17(26)22-9-11-12(28-4)5-6-13(24-11)19(2,3)27/h5-8,27H,9H2,1-4H3,(H2,20,25)(H,22,26). The van der Waals surface area contributed by atoms with Gasteiger partial charge in [-0.25, -0.2) is 19.9 Å². The minimum atomic E-state index is -1.13. The predicted octanol–water partition coefficient (Wildman–Crippen LogP) is 1.58. The van der Waals surface area contributed by atoms with Crippen LogP contribution in [0.3, 0.4) is 0 Å². The summed E-state index contributed by atoms with van der Waals surface area (Å²) in [5, 5.41) is 12.9. The number of pyridine rings is 1. The molecule has 3 aromatic heterocycles. The number of nitrogens with two attached hydrogens (primary N) is 1. The van der Waals surface area contributed by atoms with Crippen LogP contribution in [-0.2, 0) is 12.1 Å². The first-order chi connectivity index (χ1) is 13.7. The zero-order chi connectivity index (χ0) is 21.2. The summed E-state index contributed by atoms with van der Waals surface area (Å²) in [7, 11) is 1.50. The molecule has 3 aromatic rings. The number of anilines is 1. The SMILES string of the molecule is COc1ccc(C(C)(C)O)nc1CNC(=O)c1nc(C)c(-c2ncco2)nc1N. The molecule has 10 nitrogen and oxygen atoms in total. The molecule has 0 aliphatic rings. The highest BCUT2D eigenvalue weighted by atomic mass is 16.5. The van der Waals surface area contributed by atoms with E-state index >= 15 is 0 Å². The number of methoxy groups -OCH3 is 1. The van der Waals surface area contributed by atoms with Gasteiger partial charge in [-0.15, -0.1) is 0 Å². The minimum Gasteiger partial charge on any atom is -0.495 e. The number of amides is 1. The van der Waals surface area contributed by atoms with Crippen LogP contribution in [0.25, 0.3) is 11.6 Å². The van der Waals surface area contributed by atoms with Gasteiger partial charge < -0.3 is 25.3 Å². The van der Waals surface area contributed by atoms with E-state index < -0.39 is 11.5 Å². The Morgan fingerprint density at radius 3 is 2.69 bits per heavy atom. The van der Waals surface area contributed by atoms with Crippen LogP contribution in [0.4, 0.5) is 5.82 Å². The number of ether oxygens (including phenoxy) is 1. The normalized spacial score (nSPS) is 11.3. The fourth-order valence-electron chi connectivity index (χ4n) is 2.63. The molecule has 0 unspecified atom stereocenters. The van der Waals surface area contributed by atoms with Crippen molar-refractivity contribution in [2.75, 3.05) is 12.8 Å². The lowest BCUT2D eigenvalue weighted by Crippen LogP contribution is -2.27. The predicted molar refractivity (Wildman–Crippen MR) is 104 cm³/mol. The minimum absolute atomic E-state index is 0.0181. The second-order valence-corrected chi connectivity index (χ2v) is 6.82. The summed E-state index contributed by atoms with van der Waals surface area (Å²) < 4.78 is 10.5. The molecule has 0 aromatic carbocycles. The van der Waals surface area contributed by atoms with Crippen molar-refractivity contribution in [1.29, 1.82) is 0 Å². The van der Waals surface area contributed by atoms with Crippen LogP contribution in [-0.4, -0.2) is 38.1 Å². The van der Waals surface area contributed by atoms with Gasteiger partial charge in [-0.1, -0.05) is 0 Å². The quantitative estimate of drug-likeness (QED) is 0.562. The van der Waals surface area contributed by atoms with Gasteiger partial charge in [0.2, 0.25) is 5.89 Å². The second-order valence-electron chi connectivity index (χ2n) is 6.82. The van der Waals surface area contributed by atoms with Crippen LogP contribution >= 0.6 is 0 Å². The molecule has 3 rings (SSSR count). The van der Waals surface area contributed by atoms with Gasteiger partial charge in [0.1, 0.15) is 29.0 Å². The number of nitrogens with one attached hydrogen (secondary N) is 1. The lowest BCUT2D eigenvalue weighted by atomic mass is 10.0. The number of carbonyl (C=O) groups excluding carboxylic acids is 1. The molecule has 10 heteroatoms. The number of aromatic nitrogens is 4. The van der Waals surface area contributed by atoms with Crippen LogP contribution < -0.4 is 15.8 Å². The maximum Gasteiger partial charge on any atom is 0.274 e. The monoisotopic (exact) mass is 398 g/mol. The van der Waals surface area contributed by atoms with Crippen molar-refractivity contribution in [3.8, 4) is 17.3 Å². The van der Waals surface area contributed by atoms with Crippen LogP contribution in [0.1, 0.15) is 41.4 Å². The topological polar surface area (TPSA) is 149 Å². The average molecular weight is 398 g/mol. The molecule has 1 amide bonds. The molecule has 0 aliphatic heterocycles. The van der Waals surface area contributed by atoms with Gasteiger partial charge in [0.15, 0.2) is 11.5 Å². The van der Waals surface area contributed by atoms with Gasteiger partial charge in [-0.2, -0.15) is 0 Å². The molecule has 0 atom stereocenters. The lowest BCUT2D eigenvalue weighted by Gasteiger charge is -2.19. The molecule has 4 N–H and O–H groups in total. The van der Waals surface area contributed by atoms with Crippen molar-refractivity contribution in [2.45, 2.75) is 32.9 Å². The van der Waals surface area contributed by atoms with Crippen molar-refractivity contribution in [1.82, 2.24) is 25.3 Å². The molecule has 0 spiro atoms. The molecular formula is C19H22N6O4. The summed E-state index contributed by atoms with van der Waals surface area (Å²) >= 11 is 0. The number of rotatable bonds is 6. The van der Waals surface area contributed by atoms with Crippen LogP contribution in [0.15, 0.2) is 29.0 Å². The lowest BCUT2D eigenvalue weighted by molar-refractivity contribution is 0.0735. The third kappa shape index (κ3) is 4.32. The maximum absolute atomic E-state index is 12.6. The Bertz CT molecular complexity index is 1030. The van der Waals surface area contributed by atoms with Gasteiger partial charge in [0.05, 0.1) is 31.2 Å². The Kier molecular flexibility index (Phi) is 5.46. The van der Waals surface area contributed by atoms with Gasteiger partial charge in [-0.05, 0) is 32.9 Å². The zero-order valence-corrected chi connectivity index (χ0v) is 16.6. The Morgan fingerprint density at radius 1 is 1.31 bits per heavy atom. The van der Waals surface area contributed by atoms with E-state index in [0.717, 1.165) is 0 Å². The molecule has 152 valence electrons. The third-order valence-electron chi connectivity index (χ3n) is 4.14. The fraction of sp³-hybridized carbons (Fsp3) is 0.316. The number of oxazole rings is 1. The summed E-state index contributed by atoms with van der Waals surface area (Å²) in [6.07, 6.45) is 2.89. The second kappa shape index (κ2) is 7.84. The van der Waals surface area contributed by atoms with Crippen LogP contribution in [0.2, 0.25) is 0 Å². The zero-order valence-electron chi connectivity index (χ0n) is 16.6. The van der Waals surface area contributed by atoms with Crippen molar-refractivity contribution in [3.05, 3.63) is 47.4 Å². The van der Waals surface area contributed by atoms with E-state index in [1.807, 2.05) is 0 Å². The van der Waals surface area contributed by atoms with Crippen LogP contribution in [0, 0.1) is 6.92 Å². The highest BCUT2D eigenvalue weighted by Crippen LogP contribution is 2.24. The fourth-order valence-corrected chi connectivity index (χ4v) is 2.63. The molecule has 0 radical (unpaired) electrons. The number of hydrogen-bond donors (Lipinski definition) is 3. The van der Waals surface area contributed by atoms with Crippen molar-refractivity contribution in [2.24, 2.45) is 0 Å². The smallest absolute Gasteiger partial charge is 0.274 e. The number of aliphatic hydroxyl groups is 1. The van der Waals surface area contributed by atoms with Crippen molar-refractivity contribution < 1.29 is 19.1 Å². The Labute approximate surface area is 167 Å². The molecule has 0 saturated heterocycles. The highest BCUT2D eigenvalue weighted by Gasteiger charge is 2.22. The average Bonchev–Trinajstić information content (AvgIpc) is 3.21. The molecule has 0 saturated carbocycles. The molecule has 0 fully saturated rings. The van der Waals surface area contributed by atoms with E-state index in [1.165, 1.54) is 19.6 Å². The molecular weight excluding hydrogens is 376 g/mol. The summed E-state index contributed by atoms with van der Waals surface area (Å²) in [4.78, 5) is 29.5. The Morgan fingerprint density at radius 2 is 2.07 bits per heavy atom. The Balaban J connectivity index is 1.82. The van der Waals surface area contributed by atoms with E-state index in [0.29, 0.717) is 28.5 Å². The maximum atomic E-state index is 12.6. The van der Waals surface area contributed by atoms with Gasteiger partial charge in [0, 0.05) is 0 Å². The van der Waals surface area contributed by atoms with E-state index in [1.54, 1.807) is 32.9 Å². The molecule has 3 heterocycles. The third-order valence-corrected chi connectivity index (χ3v) is 4.14. The summed E-state index contributed by atoms with van der Waals surface area (Å²) in [5.74, 6) is 0.180.